The maximum absolute atomic E-state index is 4.69. The standard InChI is InChI=1S/C16H20N4S2/c1-12(10-20-6-5-18-13(20)2)8-17-9-14-11-22-16(19-14)15-4-3-7-21-15/h3-7,11-12,17H,8-10H2,1-2H3. The number of nitrogens with one attached hydrogen (secondary N) is 1. The number of thiophene rings is 1. The van der Waals surface area contributed by atoms with E-state index in [0.717, 1.165) is 36.2 Å². The lowest BCUT2D eigenvalue weighted by molar-refractivity contribution is 0.439. The molecule has 22 heavy (non-hydrogen) atoms. The number of hydrogen-bond acceptors (Lipinski definition) is 5. The van der Waals surface area contributed by atoms with Crippen LogP contribution in [0.2, 0.25) is 0 Å². The Labute approximate surface area is 138 Å². The summed E-state index contributed by atoms with van der Waals surface area (Å²) in [5, 5.41) is 8.86. The van der Waals surface area contributed by atoms with Crippen molar-refractivity contribution >= 4 is 22.7 Å². The van der Waals surface area contributed by atoms with E-state index in [1.807, 2.05) is 19.3 Å². The van der Waals surface area contributed by atoms with E-state index in [9.17, 15) is 0 Å². The zero-order valence-corrected chi connectivity index (χ0v) is 14.5. The first-order valence-electron chi connectivity index (χ1n) is 7.39. The van der Waals surface area contributed by atoms with Gasteiger partial charge in [0, 0.05) is 30.9 Å². The molecule has 3 aromatic heterocycles. The Morgan fingerprint density at radius 2 is 2.27 bits per heavy atom. The smallest absolute Gasteiger partial charge is 0.133 e. The Balaban J connectivity index is 1.46. The molecule has 1 N–H and O–H groups in total. The molecule has 0 bridgehead atoms. The summed E-state index contributed by atoms with van der Waals surface area (Å²) in [5.41, 5.74) is 1.12. The van der Waals surface area contributed by atoms with Crippen molar-refractivity contribution in [3.05, 3.63) is 46.8 Å². The zero-order valence-electron chi connectivity index (χ0n) is 12.8. The van der Waals surface area contributed by atoms with Crippen molar-refractivity contribution in [2.75, 3.05) is 6.54 Å². The second-order valence-corrected chi connectivity index (χ2v) is 7.29. The first kappa shape index (κ1) is 15.4. The molecule has 3 heterocycles. The monoisotopic (exact) mass is 332 g/mol. The molecule has 0 aliphatic rings. The first-order valence-corrected chi connectivity index (χ1v) is 9.15. The summed E-state index contributed by atoms with van der Waals surface area (Å²) in [4.78, 5) is 10.2. The fourth-order valence-electron chi connectivity index (χ4n) is 2.35. The molecular weight excluding hydrogens is 312 g/mol. The van der Waals surface area contributed by atoms with Crippen molar-refractivity contribution in [3.8, 4) is 9.88 Å². The van der Waals surface area contributed by atoms with E-state index in [0.29, 0.717) is 5.92 Å². The fraction of sp³-hybridized carbons (Fsp3) is 0.375. The molecular formula is C16H20N4S2. The van der Waals surface area contributed by atoms with Gasteiger partial charge in [0.15, 0.2) is 0 Å². The average Bonchev–Trinajstić information content (AvgIpc) is 3.21. The lowest BCUT2D eigenvalue weighted by Crippen LogP contribution is -2.24. The molecule has 0 saturated heterocycles. The van der Waals surface area contributed by atoms with E-state index in [-0.39, 0.29) is 0 Å². The number of aryl methyl sites for hydroxylation is 1. The van der Waals surface area contributed by atoms with Crippen molar-refractivity contribution < 1.29 is 0 Å². The molecule has 116 valence electrons. The minimum absolute atomic E-state index is 0.559. The van der Waals surface area contributed by atoms with E-state index in [1.165, 1.54) is 4.88 Å². The zero-order chi connectivity index (χ0) is 15.4. The molecule has 6 heteroatoms. The third kappa shape index (κ3) is 3.82. The number of aromatic nitrogens is 3. The highest BCUT2D eigenvalue weighted by Gasteiger charge is 2.07. The summed E-state index contributed by atoms with van der Waals surface area (Å²) in [7, 11) is 0. The summed E-state index contributed by atoms with van der Waals surface area (Å²) in [6, 6.07) is 4.19. The molecule has 0 amide bonds. The van der Waals surface area contributed by atoms with Crippen molar-refractivity contribution in [2.24, 2.45) is 5.92 Å². The molecule has 3 aromatic rings. The molecule has 0 aliphatic carbocycles. The topological polar surface area (TPSA) is 42.7 Å². The molecule has 0 saturated carbocycles. The Morgan fingerprint density at radius 3 is 3.00 bits per heavy atom. The highest BCUT2D eigenvalue weighted by Crippen LogP contribution is 2.27. The van der Waals surface area contributed by atoms with Gasteiger partial charge in [-0.3, -0.25) is 0 Å². The van der Waals surface area contributed by atoms with Gasteiger partial charge in [0.05, 0.1) is 10.6 Å². The van der Waals surface area contributed by atoms with Crippen molar-refractivity contribution in [1.82, 2.24) is 19.9 Å². The number of rotatable bonds is 7. The predicted octanol–water partition coefficient (Wildman–Crippen LogP) is 3.80. The van der Waals surface area contributed by atoms with Crippen LogP contribution < -0.4 is 5.32 Å². The molecule has 0 aromatic carbocycles. The summed E-state index contributed by atoms with van der Waals surface area (Å²) in [6.07, 6.45) is 3.90. The molecule has 0 spiro atoms. The van der Waals surface area contributed by atoms with Crippen LogP contribution in [0.25, 0.3) is 9.88 Å². The van der Waals surface area contributed by atoms with Gasteiger partial charge in [-0.2, -0.15) is 0 Å². The van der Waals surface area contributed by atoms with E-state index in [1.54, 1.807) is 22.7 Å². The van der Waals surface area contributed by atoms with Gasteiger partial charge < -0.3 is 9.88 Å². The van der Waals surface area contributed by atoms with Crippen LogP contribution in [0.3, 0.4) is 0 Å². The minimum atomic E-state index is 0.559. The minimum Gasteiger partial charge on any atom is -0.335 e. The van der Waals surface area contributed by atoms with E-state index < -0.39 is 0 Å². The molecule has 0 fully saturated rings. The number of imidazole rings is 1. The average molecular weight is 332 g/mol. The molecule has 0 aliphatic heterocycles. The van der Waals surface area contributed by atoms with Crippen LogP contribution in [0.5, 0.6) is 0 Å². The molecule has 3 rings (SSSR count). The summed E-state index contributed by atoms with van der Waals surface area (Å²) >= 11 is 3.46. The molecule has 1 atom stereocenters. The van der Waals surface area contributed by atoms with Crippen LogP contribution >= 0.6 is 22.7 Å². The van der Waals surface area contributed by atoms with Crippen LogP contribution in [0, 0.1) is 12.8 Å². The Kier molecular flexibility index (Phi) is 5.02. The molecule has 0 radical (unpaired) electrons. The van der Waals surface area contributed by atoms with Gasteiger partial charge >= 0.3 is 0 Å². The van der Waals surface area contributed by atoms with Gasteiger partial charge in [0.25, 0.3) is 0 Å². The number of thiazole rings is 1. The van der Waals surface area contributed by atoms with E-state index in [4.69, 9.17) is 4.98 Å². The van der Waals surface area contributed by atoms with E-state index >= 15 is 0 Å². The lowest BCUT2D eigenvalue weighted by Gasteiger charge is -2.13. The number of nitrogens with zero attached hydrogens (tertiary/aromatic N) is 3. The van der Waals surface area contributed by atoms with Crippen LogP contribution in [0.15, 0.2) is 35.3 Å². The van der Waals surface area contributed by atoms with Gasteiger partial charge in [-0.25, -0.2) is 9.97 Å². The maximum atomic E-state index is 4.69. The highest BCUT2D eigenvalue weighted by atomic mass is 32.1. The maximum Gasteiger partial charge on any atom is 0.133 e. The molecule has 1 unspecified atom stereocenters. The summed E-state index contributed by atoms with van der Waals surface area (Å²) in [6.45, 7) is 7.10. The fourth-order valence-corrected chi connectivity index (χ4v) is 3.98. The van der Waals surface area contributed by atoms with Gasteiger partial charge in [-0.1, -0.05) is 13.0 Å². The Bertz CT molecular complexity index is 699. The third-order valence-corrected chi connectivity index (χ3v) is 5.44. The third-order valence-electron chi connectivity index (χ3n) is 3.51. The van der Waals surface area contributed by atoms with Gasteiger partial charge in [-0.05, 0) is 30.8 Å². The van der Waals surface area contributed by atoms with Gasteiger partial charge in [0.1, 0.15) is 10.8 Å². The number of hydrogen-bond donors (Lipinski definition) is 1. The second-order valence-electron chi connectivity index (χ2n) is 5.48. The SMILES string of the molecule is Cc1nccn1CC(C)CNCc1csc(-c2cccs2)n1. The second kappa shape index (κ2) is 7.17. The highest BCUT2D eigenvalue weighted by molar-refractivity contribution is 7.20. The largest absolute Gasteiger partial charge is 0.335 e. The normalized spacial score (nSPS) is 12.6. The first-order chi connectivity index (χ1) is 10.7. The van der Waals surface area contributed by atoms with E-state index in [2.05, 4.69) is 44.7 Å². The summed E-state index contributed by atoms with van der Waals surface area (Å²) < 4.78 is 2.20. The predicted molar refractivity (Wildman–Crippen MR) is 93.3 cm³/mol. The lowest BCUT2D eigenvalue weighted by atomic mass is 10.2. The van der Waals surface area contributed by atoms with Gasteiger partial charge in [-0.15, -0.1) is 22.7 Å². The van der Waals surface area contributed by atoms with Crippen molar-refractivity contribution in [1.29, 1.82) is 0 Å². The summed E-state index contributed by atoms with van der Waals surface area (Å²) in [5.74, 6) is 1.63. The van der Waals surface area contributed by atoms with Gasteiger partial charge in [0.2, 0.25) is 0 Å². The van der Waals surface area contributed by atoms with Crippen LogP contribution in [-0.4, -0.2) is 21.1 Å². The Hall–Kier alpha value is -1.50. The van der Waals surface area contributed by atoms with Crippen molar-refractivity contribution in [3.63, 3.8) is 0 Å². The quantitative estimate of drug-likeness (QED) is 0.715. The van der Waals surface area contributed by atoms with Crippen LogP contribution in [0.1, 0.15) is 18.4 Å². The Morgan fingerprint density at radius 1 is 1.36 bits per heavy atom. The van der Waals surface area contributed by atoms with Crippen molar-refractivity contribution in [2.45, 2.75) is 26.9 Å². The van der Waals surface area contributed by atoms with Crippen LogP contribution in [0.4, 0.5) is 0 Å². The molecule has 4 nitrogen and oxygen atoms in total. The van der Waals surface area contributed by atoms with Crippen LogP contribution in [-0.2, 0) is 13.1 Å².